The van der Waals surface area contributed by atoms with Crippen LogP contribution in [-0.2, 0) is 14.3 Å². The molecule has 2 aromatic carbocycles. The van der Waals surface area contributed by atoms with Gasteiger partial charge in [0.25, 0.3) is 5.91 Å². The van der Waals surface area contributed by atoms with Crippen LogP contribution in [0.1, 0.15) is 53.0 Å². The summed E-state index contributed by atoms with van der Waals surface area (Å²) in [5.74, 6) is -0.839. The van der Waals surface area contributed by atoms with Gasteiger partial charge in [-0.25, -0.2) is 9.59 Å². The Morgan fingerprint density at radius 2 is 1.41 bits per heavy atom. The standard InChI is InChI=1S/C22H25NO6/c1-13(2)18-8-6-7-9-19(18)29-14(3)20(24)23-17-11-15(21(25)27-4)10-16(12-17)22(26)28-5/h6-14H,1-5H3,(H,23,24)/t14-/m1/s1. The minimum absolute atomic E-state index is 0.115. The predicted molar refractivity (Wildman–Crippen MR) is 108 cm³/mol. The molecule has 1 amide bonds. The first-order valence-corrected chi connectivity index (χ1v) is 9.15. The van der Waals surface area contributed by atoms with Crippen LogP contribution in [0.2, 0.25) is 0 Å². The summed E-state index contributed by atoms with van der Waals surface area (Å²) in [6.07, 6.45) is -0.807. The van der Waals surface area contributed by atoms with Crippen molar-refractivity contribution in [1.29, 1.82) is 0 Å². The lowest BCUT2D eigenvalue weighted by Gasteiger charge is -2.19. The molecule has 7 heteroatoms. The monoisotopic (exact) mass is 399 g/mol. The van der Waals surface area contributed by atoms with Gasteiger partial charge in [-0.1, -0.05) is 32.0 Å². The molecule has 0 fully saturated rings. The molecular weight excluding hydrogens is 374 g/mol. The number of carbonyl (C=O) groups excluding carboxylic acids is 3. The minimum atomic E-state index is -0.807. The molecule has 2 rings (SSSR count). The largest absolute Gasteiger partial charge is 0.481 e. The van der Waals surface area contributed by atoms with Gasteiger partial charge in [-0.3, -0.25) is 4.79 Å². The molecule has 0 saturated heterocycles. The van der Waals surface area contributed by atoms with Crippen molar-refractivity contribution in [2.75, 3.05) is 19.5 Å². The predicted octanol–water partition coefficient (Wildman–Crippen LogP) is 3.79. The molecule has 0 saturated carbocycles. The zero-order chi connectivity index (χ0) is 21.6. The first-order chi connectivity index (χ1) is 13.8. The number of para-hydroxylation sites is 1. The average molecular weight is 399 g/mol. The van der Waals surface area contributed by atoms with Gasteiger partial charge in [-0.15, -0.1) is 0 Å². The molecule has 0 aliphatic carbocycles. The van der Waals surface area contributed by atoms with Crippen molar-refractivity contribution in [3.05, 3.63) is 59.2 Å². The van der Waals surface area contributed by atoms with Crippen LogP contribution in [0.25, 0.3) is 0 Å². The van der Waals surface area contributed by atoms with Crippen LogP contribution in [0.15, 0.2) is 42.5 Å². The topological polar surface area (TPSA) is 90.9 Å². The lowest BCUT2D eigenvalue weighted by atomic mass is 10.0. The van der Waals surface area contributed by atoms with E-state index in [-0.39, 0.29) is 22.7 Å². The van der Waals surface area contributed by atoms with E-state index in [4.69, 9.17) is 14.2 Å². The third kappa shape index (κ3) is 5.57. The van der Waals surface area contributed by atoms with Gasteiger partial charge in [0.05, 0.1) is 25.3 Å². The van der Waals surface area contributed by atoms with Gasteiger partial charge in [0, 0.05) is 5.69 Å². The zero-order valence-electron chi connectivity index (χ0n) is 17.1. The van der Waals surface area contributed by atoms with E-state index in [9.17, 15) is 14.4 Å². The summed E-state index contributed by atoms with van der Waals surface area (Å²) in [7, 11) is 2.46. The van der Waals surface area contributed by atoms with E-state index in [0.717, 1.165) is 5.56 Å². The molecule has 0 radical (unpaired) electrons. The second kappa shape index (κ2) is 9.73. The Bertz CT molecular complexity index is 872. The number of anilines is 1. The number of methoxy groups -OCH3 is 2. The Kier molecular flexibility index (Phi) is 7.36. The van der Waals surface area contributed by atoms with Crippen molar-refractivity contribution in [2.45, 2.75) is 32.8 Å². The quantitative estimate of drug-likeness (QED) is 0.713. The minimum Gasteiger partial charge on any atom is -0.481 e. The third-order valence-electron chi connectivity index (χ3n) is 4.26. The Morgan fingerprint density at radius 3 is 1.93 bits per heavy atom. The number of benzene rings is 2. The first-order valence-electron chi connectivity index (χ1n) is 9.15. The van der Waals surface area contributed by atoms with Crippen LogP contribution in [0.4, 0.5) is 5.69 Å². The SMILES string of the molecule is COC(=O)c1cc(NC(=O)[C@@H](C)Oc2ccccc2C(C)C)cc(C(=O)OC)c1. The fourth-order valence-corrected chi connectivity index (χ4v) is 2.72. The number of hydrogen-bond donors (Lipinski definition) is 1. The highest BCUT2D eigenvalue weighted by Gasteiger charge is 2.20. The van der Waals surface area contributed by atoms with Gasteiger partial charge in [-0.05, 0) is 42.7 Å². The number of esters is 2. The Labute approximate surface area is 170 Å². The normalized spacial score (nSPS) is 11.5. The van der Waals surface area contributed by atoms with E-state index in [1.54, 1.807) is 6.92 Å². The van der Waals surface area contributed by atoms with Crippen molar-refractivity contribution in [3.8, 4) is 5.75 Å². The number of ether oxygens (including phenoxy) is 3. The van der Waals surface area contributed by atoms with Crippen molar-refractivity contribution < 1.29 is 28.6 Å². The summed E-state index contributed by atoms with van der Waals surface area (Å²) < 4.78 is 15.2. The van der Waals surface area contributed by atoms with E-state index in [1.807, 2.05) is 38.1 Å². The molecule has 0 bridgehead atoms. The fourth-order valence-electron chi connectivity index (χ4n) is 2.72. The second-order valence-corrected chi connectivity index (χ2v) is 6.72. The van der Waals surface area contributed by atoms with Gasteiger partial charge in [0.2, 0.25) is 0 Å². The summed E-state index contributed by atoms with van der Waals surface area (Å²) in [4.78, 5) is 36.4. The van der Waals surface area contributed by atoms with E-state index in [0.29, 0.717) is 5.75 Å². The fraction of sp³-hybridized carbons (Fsp3) is 0.318. The summed E-state index contributed by atoms with van der Waals surface area (Å²) in [6.45, 7) is 5.71. The lowest BCUT2D eigenvalue weighted by Crippen LogP contribution is -2.30. The Balaban J connectivity index is 2.23. The summed E-state index contributed by atoms with van der Waals surface area (Å²) >= 11 is 0. The molecule has 154 valence electrons. The molecule has 1 N–H and O–H groups in total. The van der Waals surface area contributed by atoms with Crippen LogP contribution >= 0.6 is 0 Å². The Hall–Kier alpha value is -3.35. The van der Waals surface area contributed by atoms with E-state index in [1.165, 1.54) is 32.4 Å². The smallest absolute Gasteiger partial charge is 0.337 e. The molecule has 0 aliphatic heterocycles. The number of hydrogen-bond acceptors (Lipinski definition) is 6. The second-order valence-electron chi connectivity index (χ2n) is 6.72. The number of nitrogens with one attached hydrogen (secondary N) is 1. The maximum absolute atomic E-state index is 12.6. The summed E-state index contributed by atoms with van der Waals surface area (Å²) in [6, 6.07) is 11.7. The molecular formula is C22H25NO6. The summed E-state index contributed by atoms with van der Waals surface area (Å²) in [5, 5.41) is 2.67. The number of amides is 1. The van der Waals surface area contributed by atoms with Gasteiger partial charge in [0.1, 0.15) is 5.75 Å². The van der Waals surface area contributed by atoms with Gasteiger partial charge < -0.3 is 19.5 Å². The van der Waals surface area contributed by atoms with Gasteiger partial charge in [-0.2, -0.15) is 0 Å². The molecule has 0 aromatic heterocycles. The van der Waals surface area contributed by atoms with Crippen molar-refractivity contribution in [1.82, 2.24) is 0 Å². The molecule has 0 heterocycles. The number of carbonyl (C=O) groups is 3. The average Bonchev–Trinajstić information content (AvgIpc) is 2.72. The van der Waals surface area contributed by atoms with E-state index >= 15 is 0 Å². The van der Waals surface area contributed by atoms with Crippen LogP contribution in [0, 0.1) is 0 Å². The highest BCUT2D eigenvalue weighted by Crippen LogP contribution is 2.27. The van der Waals surface area contributed by atoms with Crippen LogP contribution in [0.5, 0.6) is 5.75 Å². The maximum Gasteiger partial charge on any atom is 0.337 e. The first kappa shape index (κ1) is 21.9. The maximum atomic E-state index is 12.6. The van der Waals surface area contributed by atoms with Crippen molar-refractivity contribution in [3.63, 3.8) is 0 Å². The highest BCUT2D eigenvalue weighted by molar-refractivity contribution is 6.00. The Morgan fingerprint density at radius 1 is 0.862 bits per heavy atom. The summed E-state index contributed by atoms with van der Waals surface area (Å²) in [5.41, 5.74) is 1.48. The molecule has 29 heavy (non-hydrogen) atoms. The number of rotatable bonds is 7. The van der Waals surface area contributed by atoms with Crippen LogP contribution in [0.3, 0.4) is 0 Å². The molecule has 0 spiro atoms. The molecule has 0 unspecified atom stereocenters. The highest BCUT2D eigenvalue weighted by atomic mass is 16.5. The van der Waals surface area contributed by atoms with Crippen molar-refractivity contribution in [2.24, 2.45) is 0 Å². The molecule has 7 nitrogen and oxygen atoms in total. The van der Waals surface area contributed by atoms with Crippen LogP contribution in [-0.4, -0.2) is 38.2 Å². The van der Waals surface area contributed by atoms with Crippen molar-refractivity contribution >= 4 is 23.5 Å². The van der Waals surface area contributed by atoms with E-state index in [2.05, 4.69) is 5.32 Å². The van der Waals surface area contributed by atoms with Crippen LogP contribution < -0.4 is 10.1 Å². The zero-order valence-corrected chi connectivity index (χ0v) is 17.1. The molecule has 0 aliphatic rings. The lowest BCUT2D eigenvalue weighted by molar-refractivity contribution is -0.122. The molecule has 2 aromatic rings. The third-order valence-corrected chi connectivity index (χ3v) is 4.26. The van der Waals surface area contributed by atoms with Gasteiger partial charge in [0.15, 0.2) is 6.10 Å². The molecule has 1 atom stereocenters. The van der Waals surface area contributed by atoms with E-state index < -0.39 is 23.9 Å². The van der Waals surface area contributed by atoms with Gasteiger partial charge >= 0.3 is 11.9 Å².